The van der Waals surface area contributed by atoms with Crippen LogP contribution in [0, 0.1) is 11.3 Å². The Morgan fingerprint density at radius 1 is 0.906 bits per heavy atom. The number of hydrogen-bond acceptors (Lipinski definition) is 8. The van der Waals surface area contributed by atoms with Gasteiger partial charge < -0.3 is 25.2 Å². The highest BCUT2D eigenvalue weighted by molar-refractivity contribution is 7.99. The molecule has 0 radical (unpaired) electrons. The van der Waals surface area contributed by atoms with E-state index in [9.17, 15) is 25.7 Å². The molecule has 1 aromatic heterocycles. The van der Waals surface area contributed by atoms with Crippen LogP contribution in [0.15, 0.2) is 71.8 Å². The van der Waals surface area contributed by atoms with Gasteiger partial charge in [-0.3, -0.25) is 0 Å². The number of rotatable bonds is 5. The highest BCUT2D eigenvalue weighted by Crippen LogP contribution is 2.38. The van der Waals surface area contributed by atoms with Gasteiger partial charge in [0.15, 0.2) is 0 Å². The van der Waals surface area contributed by atoms with E-state index in [0.29, 0.717) is 21.8 Å². The van der Waals surface area contributed by atoms with E-state index in [1.165, 1.54) is 0 Å². The van der Waals surface area contributed by atoms with Crippen molar-refractivity contribution < 1.29 is 25.2 Å². The first-order chi connectivity index (χ1) is 15.5. The summed E-state index contributed by atoms with van der Waals surface area (Å²) in [6, 6.07) is 23.0. The van der Waals surface area contributed by atoms with Crippen LogP contribution >= 0.6 is 11.8 Å². The van der Waals surface area contributed by atoms with E-state index < -0.39 is 36.5 Å². The van der Waals surface area contributed by atoms with Crippen molar-refractivity contribution in [3.05, 3.63) is 72.3 Å². The first kappa shape index (κ1) is 22.4. The van der Waals surface area contributed by atoms with Gasteiger partial charge in [0.05, 0.1) is 17.9 Å². The summed E-state index contributed by atoms with van der Waals surface area (Å²) in [5.41, 5.74) is 2.26. The molecule has 0 bridgehead atoms. The maximum Gasteiger partial charge on any atom is 0.138 e. The number of ether oxygens (including phenoxy) is 1. The van der Waals surface area contributed by atoms with Crippen LogP contribution in [0.4, 0.5) is 0 Å². The second kappa shape index (κ2) is 9.79. The lowest BCUT2D eigenvalue weighted by atomic mass is 9.99. The van der Waals surface area contributed by atoms with E-state index in [4.69, 9.17) is 4.74 Å². The number of benzene rings is 2. The minimum Gasteiger partial charge on any atom is -0.394 e. The van der Waals surface area contributed by atoms with Crippen LogP contribution in [-0.4, -0.2) is 61.9 Å². The average Bonchev–Trinajstić information content (AvgIpc) is 2.85. The molecular weight excluding hydrogens is 428 g/mol. The van der Waals surface area contributed by atoms with Crippen molar-refractivity contribution in [1.82, 2.24) is 4.98 Å². The fourth-order valence-electron chi connectivity index (χ4n) is 3.59. The van der Waals surface area contributed by atoms with Crippen LogP contribution in [0.1, 0.15) is 5.56 Å². The summed E-state index contributed by atoms with van der Waals surface area (Å²) in [5.74, 6) is 0. The third kappa shape index (κ3) is 4.40. The molecule has 0 aliphatic carbocycles. The van der Waals surface area contributed by atoms with Gasteiger partial charge in [-0.2, -0.15) is 5.26 Å². The number of aromatic nitrogens is 1. The molecule has 1 aliphatic heterocycles. The summed E-state index contributed by atoms with van der Waals surface area (Å²) in [6.07, 6.45) is -5.44. The summed E-state index contributed by atoms with van der Waals surface area (Å²) in [6.45, 7) is -0.528. The lowest BCUT2D eigenvalue weighted by molar-refractivity contribution is -0.205. The molecule has 1 fully saturated rings. The van der Waals surface area contributed by atoms with Gasteiger partial charge in [-0.15, -0.1) is 0 Å². The van der Waals surface area contributed by atoms with Crippen LogP contribution in [-0.2, 0) is 4.74 Å². The molecule has 0 spiro atoms. The standard InChI is InChI=1S/C24H22N2O5S/c25-12-17-16(14-7-3-1-4-8-14)11-18(15-9-5-2-6-10-15)26-23(17)32-24-22(30)21(29)20(28)19(13-27)31-24/h1-11,19-22,24,27-30H,13H2/t19-,20-,21+,22-,24+/m1/s1. The Morgan fingerprint density at radius 3 is 2.12 bits per heavy atom. The Balaban J connectivity index is 1.81. The molecule has 4 rings (SSSR count). The fourth-order valence-corrected chi connectivity index (χ4v) is 4.74. The van der Waals surface area contributed by atoms with Crippen molar-refractivity contribution >= 4 is 11.8 Å². The predicted octanol–water partition coefficient (Wildman–Crippen LogP) is 2.18. The molecule has 1 aliphatic rings. The highest BCUT2D eigenvalue weighted by Gasteiger charge is 2.44. The quantitative estimate of drug-likeness (QED) is 0.466. The average molecular weight is 451 g/mol. The Morgan fingerprint density at radius 2 is 1.53 bits per heavy atom. The smallest absolute Gasteiger partial charge is 0.138 e. The molecular formula is C24H22N2O5S. The number of pyridine rings is 1. The number of nitriles is 1. The molecule has 7 nitrogen and oxygen atoms in total. The molecule has 5 atom stereocenters. The zero-order valence-electron chi connectivity index (χ0n) is 16.9. The van der Waals surface area contributed by atoms with Gasteiger partial charge in [-0.25, -0.2) is 4.98 Å². The molecule has 164 valence electrons. The van der Waals surface area contributed by atoms with Crippen LogP contribution in [0.25, 0.3) is 22.4 Å². The SMILES string of the molecule is N#Cc1c(-c2ccccc2)cc(-c2ccccc2)nc1S[C@@H]1O[C@H](CO)[C@@H](O)[C@H](O)[C@H]1O. The molecule has 2 heterocycles. The van der Waals surface area contributed by atoms with Crippen molar-refractivity contribution in [1.29, 1.82) is 5.26 Å². The Labute approximate surface area is 189 Å². The maximum absolute atomic E-state index is 10.5. The number of thioether (sulfide) groups is 1. The zero-order valence-corrected chi connectivity index (χ0v) is 17.8. The van der Waals surface area contributed by atoms with Crippen molar-refractivity contribution in [3.63, 3.8) is 0 Å². The van der Waals surface area contributed by atoms with Gasteiger partial charge in [-0.1, -0.05) is 72.4 Å². The second-order valence-corrected chi connectivity index (χ2v) is 8.48. The third-order valence-electron chi connectivity index (χ3n) is 5.33. The van der Waals surface area contributed by atoms with Crippen molar-refractivity contribution in [2.24, 2.45) is 0 Å². The van der Waals surface area contributed by atoms with Gasteiger partial charge in [0.1, 0.15) is 40.9 Å². The van der Waals surface area contributed by atoms with Gasteiger partial charge in [0.2, 0.25) is 0 Å². The minimum atomic E-state index is -1.50. The van der Waals surface area contributed by atoms with Crippen LogP contribution in [0.2, 0.25) is 0 Å². The highest BCUT2D eigenvalue weighted by atomic mass is 32.2. The monoisotopic (exact) mass is 450 g/mol. The Bertz CT molecular complexity index is 1100. The minimum absolute atomic E-state index is 0.304. The molecule has 0 unspecified atom stereocenters. The Kier molecular flexibility index (Phi) is 6.86. The molecule has 32 heavy (non-hydrogen) atoms. The van der Waals surface area contributed by atoms with Gasteiger partial charge in [-0.05, 0) is 11.6 Å². The molecule has 0 saturated carbocycles. The number of aliphatic hydroxyl groups excluding tert-OH is 4. The lowest BCUT2D eigenvalue weighted by Crippen LogP contribution is -2.57. The van der Waals surface area contributed by atoms with E-state index >= 15 is 0 Å². The molecule has 2 aromatic carbocycles. The first-order valence-corrected chi connectivity index (χ1v) is 10.9. The van der Waals surface area contributed by atoms with Gasteiger partial charge in [0.25, 0.3) is 0 Å². The van der Waals surface area contributed by atoms with Gasteiger partial charge >= 0.3 is 0 Å². The second-order valence-electron chi connectivity index (χ2n) is 7.39. The molecule has 1 saturated heterocycles. The summed E-state index contributed by atoms with van der Waals surface area (Å²) >= 11 is 0.978. The van der Waals surface area contributed by atoms with E-state index in [1.54, 1.807) is 0 Å². The normalized spacial score (nSPS) is 25.3. The number of hydrogen-bond donors (Lipinski definition) is 4. The van der Waals surface area contributed by atoms with Crippen molar-refractivity contribution in [3.8, 4) is 28.5 Å². The van der Waals surface area contributed by atoms with Crippen LogP contribution < -0.4 is 0 Å². The summed E-state index contributed by atoms with van der Waals surface area (Å²) in [5, 5.41) is 50.4. The van der Waals surface area contributed by atoms with E-state index in [0.717, 1.165) is 22.9 Å². The maximum atomic E-state index is 10.5. The zero-order chi connectivity index (χ0) is 22.7. The summed E-state index contributed by atoms with van der Waals surface area (Å²) in [7, 11) is 0. The lowest BCUT2D eigenvalue weighted by Gasteiger charge is -2.39. The largest absolute Gasteiger partial charge is 0.394 e. The van der Waals surface area contributed by atoms with Gasteiger partial charge in [0, 0.05) is 11.1 Å². The number of nitrogens with zero attached hydrogens (tertiary/aromatic N) is 2. The fraction of sp³-hybridized carbons (Fsp3) is 0.250. The van der Waals surface area contributed by atoms with Crippen LogP contribution in [0.5, 0.6) is 0 Å². The van der Waals surface area contributed by atoms with E-state index in [-0.39, 0.29) is 0 Å². The molecule has 4 N–H and O–H groups in total. The van der Waals surface area contributed by atoms with Crippen molar-refractivity contribution in [2.75, 3.05) is 6.61 Å². The van der Waals surface area contributed by atoms with Crippen molar-refractivity contribution in [2.45, 2.75) is 34.9 Å². The molecule has 8 heteroatoms. The molecule has 0 amide bonds. The summed E-state index contributed by atoms with van der Waals surface area (Å²) in [4.78, 5) is 4.67. The Hall–Kier alpha value is -2.77. The molecule has 3 aromatic rings. The van der Waals surface area contributed by atoms with E-state index in [1.807, 2.05) is 66.7 Å². The predicted molar refractivity (Wildman–Crippen MR) is 119 cm³/mol. The topological polar surface area (TPSA) is 127 Å². The van der Waals surface area contributed by atoms with E-state index in [2.05, 4.69) is 11.1 Å². The third-order valence-corrected chi connectivity index (χ3v) is 6.47. The summed E-state index contributed by atoms with van der Waals surface area (Å²) < 4.78 is 5.63. The first-order valence-electron chi connectivity index (χ1n) is 10.1. The number of aliphatic hydroxyl groups is 4. The van der Waals surface area contributed by atoms with Crippen LogP contribution in [0.3, 0.4) is 0 Å².